The zero-order valence-corrected chi connectivity index (χ0v) is 7.02. The van der Waals surface area contributed by atoms with E-state index in [0.29, 0.717) is 6.42 Å². The third-order valence-electron chi connectivity index (χ3n) is 0.907. The molecule has 1 unspecified atom stereocenters. The fourth-order valence-electron chi connectivity index (χ4n) is 0.307. The first-order valence-corrected chi connectivity index (χ1v) is 4.61. The van der Waals surface area contributed by atoms with Crippen molar-refractivity contribution < 1.29 is 12.6 Å². The van der Waals surface area contributed by atoms with Gasteiger partial charge in [-0.05, 0) is 13.3 Å². The summed E-state index contributed by atoms with van der Waals surface area (Å²) in [6.45, 7) is 3.42. The maximum Gasteiger partial charge on any atom is 0.283 e. The average Bonchev–Trinajstić information content (AvgIpc) is 1.84. The molecule has 0 rings (SSSR count). The SMILES string of the molecule is CCCOS(=O)(=O)C(C)N. The number of hydrogen-bond donors (Lipinski definition) is 1. The molecular weight excluding hydrogens is 154 g/mol. The molecule has 0 aliphatic carbocycles. The highest BCUT2D eigenvalue weighted by molar-refractivity contribution is 7.87. The summed E-state index contributed by atoms with van der Waals surface area (Å²) in [4.78, 5) is 0. The maximum atomic E-state index is 10.7. The van der Waals surface area contributed by atoms with E-state index in [2.05, 4.69) is 4.18 Å². The van der Waals surface area contributed by atoms with Gasteiger partial charge in [-0.2, -0.15) is 8.42 Å². The molecule has 0 heterocycles. The lowest BCUT2D eigenvalue weighted by Crippen LogP contribution is -2.28. The summed E-state index contributed by atoms with van der Waals surface area (Å²) < 4.78 is 26.0. The van der Waals surface area contributed by atoms with E-state index in [1.807, 2.05) is 6.92 Å². The molecule has 0 aliphatic heterocycles. The minimum Gasteiger partial charge on any atom is -0.313 e. The van der Waals surface area contributed by atoms with Crippen LogP contribution in [0.25, 0.3) is 0 Å². The standard InChI is InChI=1S/C5H13NO3S/c1-3-4-9-10(7,8)5(2)6/h5H,3-4,6H2,1-2H3. The Morgan fingerprint density at radius 3 is 2.40 bits per heavy atom. The van der Waals surface area contributed by atoms with Gasteiger partial charge in [0.15, 0.2) is 0 Å². The van der Waals surface area contributed by atoms with Crippen LogP contribution in [0.2, 0.25) is 0 Å². The first-order chi connectivity index (χ1) is 4.50. The van der Waals surface area contributed by atoms with Gasteiger partial charge in [-0.3, -0.25) is 4.18 Å². The van der Waals surface area contributed by atoms with Crippen molar-refractivity contribution in [2.45, 2.75) is 25.6 Å². The van der Waals surface area contributed by atoms with Crippen LogP contribution in [0.1, 0.15) is 20.3 Å². The number of nitrogens with two attached hydrogens (primary N) is 1. The molecule has 0 bridgehead atoms. The second-order valence-corrected chi connectivity index (χ2v) is 3.98. The summed E-state index contributed by atoms with van der Waals surface area (Å²) >= 11 is 0. The van der Waals surface area contributed by atoms with Gasteiger partial charge in [0, 0.05) is 0 Å². The Labute approximate surface area is 61.5 Å². The highest BCUT2D eigenvalue weighted by Gasteiger charge is 2.15. The fourth-order valence-corrected chi connectivity index (χ4v) is 0.920. The van der Waals surface area contributed by atoms with Gasteiger partial charge in [0.25, 0.3) is 10.1 Å². The van der Waals surface area contributed by atoms with Crippen LogP contribution in [0.4, 0.5) is 0 Å². The highest BCUT2D eigenvalue weighted by Crippen LogP contribution is 1.97. The Balaban J connectivity index is 3.90. The summed E-state index contributed by atoms with van der Waals surface area (Å²) in [5.74, 6) is 0. The fraction of sp³-hybridized carbons (Fsp3) is 1.00. The summed E-state index contributed by atoms with van der Waals surface area (Å²) in [7, 11) is -3.48. The maximum absolute atomic E-state index is 10.7. The molecule has 62 valence electrons. The van der Waals surface area contributed by atoms with Crippen molar-refractivity contribution >= 4 is 10.1 Å². The van der Waals surface area contributed by atoms with Crippen LogP contribution in [0.3, 0.4) is 0 Å². The first-order valence-electron chi connectivity index (χ1n) is 3.14. The Bertz CT molecular complexity index is 173. The Kier molecular flexibility index (Phi) is 3.85. The van der Waals surface area contributed by atoms with Gasteiger partial charge >= 0.3 is 0 Å². The molecule has 0 aromatic rings. The molecule has 10 heavy (non-hydrogen) atoms. The van der Waals surface area contributed by atoms with Crippen LogP contribution in [0.5, 0.6) is 0 Å². The second-order valence-electron chi connectivity index (χ2n) is 2.02. The largest absolute Gasteiger partial charge is 0.313 e. The molecule has 0 amide bonds. The van der Waals surface area contributed by atoms with Crippen molar-refractivity contribution in [3.8, 4) is 0 Å². The second kappa shape index (κ2) is 3.90. The van der Waals surface area contributed by atoms with E-state index in [-0.39, 0.29) is 6.61 Å². The van der Waals surface area contributed by atoms with E-state index in [1.165, 1.54) is 6.92 Å². The minimum atomic E-state index is -3.48. The van der Waals surface area contributed by atoms with Gasteiger partial charge in [-0.15, -0.1) is 0 Å². The van der Waals surface area contributed by atoms with Gasteiger partial charge in [0.05, 0.1) is 6.61 Å². The summed E-state index contributed by atoms with van der Waals surface area (Å²) in [5.41, 5.74) is 5.10. The van der Waals surface area contributed by atoms with Crippen LogP contribution in [-0.4, -0.2) is 20.4 Å². The smallest absolute Gasteiger partial charge is 0.283 e. The molecule has 0 saturated heterocycles. The molecule has 5 heteroatoms. The van der Waals surface area contributed by atoms with Crippen molar-refractivity contribution in [1.29, 1.82) is 0 Å². The van der Waals surface area contributed by atoms with E-state index in [4.69, 9.17) is 5.73 Å². The van der Waals surface area contributed by atoms with E-state index >= 15 is 0 Å². The van der Waals surface area contributed by atoms with E-state index in [1.54, 1.807) is 0 Å². The molecular formula is C5H13NO3S. The lowest BCUT2D eigenvalue weighted by Gasteiger charge is -2.05. The summed E-state index contributed by atoms with van der Waals surface area (Å²) in [6, 6.07) is 0. The van der Waals surface area contributed by atoms with E-state index in [0.717, 1.165) is 0 Å². The van der Waals surface area contributed by atoms with Gasteiger partial charge < -0.3 is 5.73 Å². The van der Waals surface area contributed by atoms with Crippen LogP contribution >= 0.6 is 0 Å². The molecule has 0 aromatic carbocycles. The van der Waals surface area contributed by atoms with Crippen LogP contribution in [0.15, 0.2) is 0 Å². The predicted molar refractivity (Wildman–Crippen MR) is 38.8 cm³/mol. The van der Waals surface area contributed by atoms with Gasteiger partial charge in [0.1, 0.15) is 5.37 Å². The van der Waals surface area contributed by atoms with E-state index in [9.17, 15) is 8.42 Å². The Morgan fingerprint density at radius 1 is 1.60 bits per heavy atom. The molecule has 0 aromatic heterocycles. The third-order valence-corrected chi connectivity index (χ3v) is 2.31. The molecule has 4 nitrogen and oxygen atoms in total. The zero-order valence-electron chi connectivity index (χ0n) is 6.20. The van der Waals surface area contributed by atoms with Crippen molar-refractivity contribution in [3.63, 3.8) is 0 Å². The molecule has 1 atom stereocenters. The molecule has 0 aliphatic rings. The normalized spacial score (nSPS) is 15.1. The van der Waals surface area contributed by atoms with Crippen molar-refractivity contribution in [2.24, 2.45) is 5.73 Å². The summed E-state index contributed by atoms with van der Waals surface area (Å²) in [5, 5.41) is -0.931. The van der Waals surface area contributed by atoms with Crippen molar-refractivity contribution in [1.82, 2.24) is 0 Å². The average molecular weight is 167 g/mol. The lowest BCUT2D eigenvalue weighted by molar-refractivity contribution is 0.313. The molecule has 0 spiro atoms. The van der Waals surface area contributed by atoms with Gasteiger partial charge in [-0.1, -0.05) is 6.92 Å². The van der Waals surface area contributed by atoms with Crippen LogP contribution in [0, 0.1) is 0 Å². The highest BCUT2D eigenvalue weighted by atomic mass is 32.2. The van der Waals surface area contributed by atoms with Crippen molar-refractivity contribution in [2.75, 3.05) is 6.61 Å². The summed E-state index contributed by atoms with van der Waals surface area (Å²) in [6.07, 6.45) is 0.673. The van der Waals surface area contributed by atoms with Crippen molar-refractivity contribution in [3.05, 3.63) is 0 Å². The topological polar surface area (TPSA) is 69.4 Å². The molecule has 2 N–H and O–H groups in total. The van der Waals surface area contributed by atoms with Crippen LogP contribution in [-0.2, 0) is 14.3 Å². The Morgan fingerprint density at radius 2 is 2.10 bits per heavy atom. The zero-order chi connectivity index (χ0) is 8.20. The number of rotatable bonds is 4. The van der Waals surface area contributed by atoms with Gasteiger partial charge in [-0.25, -0.2) is 0 Å². The Hall–Kier alpha value is -0.130. The molecule has 0 fully saturated rings. The number of hydrogen-bond acceptors (Lipinski definition) is 4. The first kappa shape index (κ1) is 9.87. The lowest BCUT2D eigenvalue weighted by atomic mass is 10.5. The third kappa shape index (κ3) is 3.14. The van der Waals surface area contributed by atoms with E-state index < -0.39 is 15.5 Å². The predicted octanol–water partition coefficient (Wildman–Crippen LogP) is 0.0475. The minimum absolute atomic E-state index is 0.212. The van der Waals surface area contributed by atoms with Crippen LogP contribution < -0.4 is 5.73 Å². The van der Waals surface area contributed by atoms with Gasteiger partial charge in [0.2, 0.25) is 0 Å². The molecule has 0 saturated carbocycles. The quantitative estimate of drug-likeness (QED) is 0.600. The monoisotopic (exact) mass is 167 g/mol. The molecule has 0 radical (unpaired) electrons.